The summed E-state index contributed by atoms with van der Waals surface area (Å²) in [5, 5.41) is 14.2. The Kier molecular flexibility index (Phi) is 4.47. The van der Waals surface area contributed by atoms with Crippen LogP contribution in [0.15, 0.2) is 36.4 Å². The molecule has 0 saturated carbocycles. The van der Waals surface area contributed by atoms with Crippen LogP contribution in [0.2, 0.25) is 0 Å². The van der Waals surface area contributed by atoms with Crippen LogP contribution in [0.1, 0.15) is 16.8 Å². The molecule has 0 aliphatic rings. The predicted molar refractivity (Wildman–Crippen MR) is 82.3 cm³/mol. The van der Waals surface area contributed by atoms with Crippen LogP contribution in [0.3, 0.4) is 0 Å². The lowest BCUT2D eigenvalue weighted by Gasteiger charge is -2.08. The zero-order valence-corrected chi connectivity index (χ0v) is 12.5. The van der Waals surface area contributed by atoms with Gasteiger partial charge in [-0.05, 0) is 29.3 Å². The molecule has 2 aromatic carbocycles. The molecule has 0 spiro atoms. The van der Waals surface area contributed by atoms with Crippen molar-refractivity contribution in [3.05, 3.63) is 42.0 Å². The lowest BCUT2D eigenvalue weighted by atomic mass is 10.1. The van der Waals surface area contributed by atoms with Gasteiger partial charge in [0.1, 0.15) is 15.6 Å². The molecule has 0 heterocycles. The summed E-state index contributed by atoms with van der Waals surface area (Å²) in [4.78, 5) is 12.0. The number of carbonyl (C=O) groups excluding carboxylic acids is 1. The van der Waals surface area contributed by atoms with E-state index in [0.717, 1.165) is 17.0 Å². The monoisotopic (exact) mass is 307 g/mol. The number of benzene rings is 2. The third-order valence-corrected chi connectivity index (χ3v) is 4.12. The molecule has 2 N–H and O–H groups in total. The first-order chi connectivity index (χ1) is 9.87. The summed E-state index contributed by atoms with van der Waals surface area (Å²) in [6, 6.07) is 10.6. The van der Waals surface area contributed by atoms with Crippen molar-refractivity contribution in [3.63, 3.8) is 0 Å². The summed E-state index contributed by atoms with van der Waals surface area (Å²) >= 11 is 0. The van der Waals surface area contributed by atoms with Crippen molar-refractivity contribution in [1.29, 1.82) is 0 Å². The van der Waals surface area contributed by atoms with Gasteiger partial charge in [-0.1, -0.05) is 24.3 Å². The maximum absolute atomic E-state index is 12.0. The zero-order chi connectivity index (χ0) is 15.5. The maximum atomic E-state index is 12.0. The highest BCUT2D eigenvalue weighted by molar-refractivity contribution is 7.90. The third-order valence-electron chi connectivity index (χ3n) is 3.09. The van der Waals surface area contributed by atoms with Crippen LogP contribution in [-0.4, -0.2) is 38.0 Å². The van der Waals surface area contributed by atoms with E-state index in [2.05, 4.69) is 5.32 Å². The quantitative estimate of drug-likeness (QED) is 0.824. The van der Waals surface area contributed by atoms with E-state index >= 15 is 0 Å². The molecule has 0 saturated heterocycles. The maximum Gasteiger partial charge on any atom is 0.255 e. The molecule has 21 heavy (non-hydrogen) atoms. The standard InChI is InChI=1S/C15H17NO4S/c1-21(19,20)8-4-7-16-15(18)13-9-11-5-2-3-6-12(11)10-14(13)17/h2-3,5-6,9-10,17H,4,7-8H2,1H3,(H,16,18). The molecular formula is C15H17NO4S. The van der Waals surface area contributed by atoms with Gasteiger partial charge in [0.25, 0.3) is 5.91 Å². The topological polar surface area (TPSA) is 83.5 Å². The van der Waals surface area contributed by atoms with Gasteiger partial charge in [-0.2, -0.15) is 0 Å². The second kappa shape index (κ2) is 6.13. The fraction of sp³-hybridized carbons (Fsp3) is 0.267. The van der Waals surface area contributed by atoms with Crippen LogP contribution in [-0.2, 0) is 9.84 Å². The van der Waals surface area contributed by atoms with E-state index in [1.807, 2.05) is 24.3 Å². The summed E-state index contributed by atoms with van der Waals surface area (Å²) in [5.74, 6) is -0.474. The second-order valence-corrected chi connectivity index (χ2v) is 7.22. The average Bonchev–Trinajstić information content (AvgIpc) is 2.41. The highest BCUT2D eigenvalue weighted by Crippen LogP contribution is 2.24. The van der Waals surface area contributed by atoms with Gasteiger partial charge in [-0.3, -0.25) is 4.79 Å². The Morgan fingerprint density at radius 1 is 1.19 bits per heavy atom. The van der Waals surface area contributed by atoms with E-state index in [9.17, 15) is 18.3 Å². The Morgan fingerprint density at radius 3 is 2.43 bits per heavy atom. The molecule has 0 bridgehead atoms. The number of fused-ring (bicyclic) bond motifs is 1. The van der Waals surface area contributed by atoms with Crippen LogP contribution < -0.4 is 5.32 Å². The van der Waals surface area contributed by atoms with E-state index in [1.54, 1.807) is 12.1 Å². The Hall–Kier alpha value is -2.08. The van der Waals surface area contributed by atoms with Gasteiger partial charge in [0.2, 0.25) is 0 Å². The van der Waals surface area contributed by atoms with Crippen molar-refractivity contribution < 1.29 is 18.3 Å². The predicted octanol–water partition coefficient (Wildman–Crippen LogP) is 1.71. The van der Waals surface area contributed by atoms with Gasteiger partial charge in [0.15, 0.2) is 0 Å². The van der Waals surface area contributed by atoms with Crippen molar-refractivity contribution in [1.82, 2.24) is 5.32 Å². The van der Waals surface area contributed by atoms with E-state index in [1.165, 1.54) is 0 Å². The minimum absolute atomic E-state index is 0.0248. The molecule has 112 valence electrons. The number of hydrogen-bond donors (Lipinski definition) is 2. The van der Waals surface area contributed by atoms with Gasteiger partial charge < -0.3 is 10.4 Å². The van der Waals surface area contributed by atoms with Crippen LogP contribution >= 0.6 is 0 Å². The van der Waals surface area contributed by atoms with Gasteiger partial charge in [-0.15, -0.1) is 0 Å². The van der Waals surface area contributed by atoms with Crippen LogP contribution in [0.5, 0.6) is 5.75 Å². The lowest BCUT2D eigenvalue weighted by Crippen LogP contribution is -2.25. The second-order valence-electron chi connectivity index (χ2n) is 4.96. The molecule has 2 rings (SSSR count). The number of phenols is 1. The van der Waals surface area contributed by atoms with Gasteiger partial charge in [0, 0.05) is 12.8 Å². The lowest BCUT2D eigenvalue weighted by molar-refractivity contribution is 0.0951. The summed E-state index contributed by atoms with van der Waals surface area (Å²) in [5.41, 5.74) is 0.188. The molecule has 0 aliphatic carbocycles. The SMILES string of the molecule is CS(=O)(=O)CCCNC(=O)c1cc2ccccc2cc1O. The van der Waals surface area contributed by atoms with E-state index in [0.29, 0.717) is 6.42 Å². The highest BCUT2D eigenvalue weighted by Gasteiger charge is 2.12. The fourth-order valence-corrected chi connectivity index (χ4v) is 2.71. The number of aromatic hydroxyl groups is 1. The van der Waals surface area contributed by atoms with Crippen LogP contribution in [0.4, 0.5) is 0 Å². The minimum Gasteiger partial charge on any atom is -0.507 e. The Labute approximate surface area is 123 Å². The number of nitrogens with one attached hydrogen (secondary N) is 1. The normalized spacial score (nSPS) is 11.5. The molecular weight excluding hydrogens is 290 g/mol. The first-order valence-electron chi connectivity index (χ1n) is 6.54. The fourth-order valence-electron chi connectivity index (χ4n) is 2.04. The highest BCUT2D eigenvalue weighted by atomic mass is 32.2. The number of amides is 1. The summed E-state index contributed by atoms with van der Waals surface area (Å²) in [6.07, 6.45) is 1.50. The third kappa shape index (κ3) is 4.19. The molecule has 6 heteroatoms. The molecule has 0 radical (unpaired) electrons. The average molecular weight is 307 g/mol. The van der Waals surface area contributed by atoms with Crippen LogP contribution in [0.25, 0.3) is 10.8 Å². The smallest absolute Gasteiger partial charge is 0.255 e. The first kappa shape index (κ1) is 15.3. The number of phenolic OH excluding ortho intramolecular Hbond substituents is 1. The van der Waals surface area contributed by atoms with E-state index < -0.39 is 15.7 Å². The van der Waals surface area contributed by atoms with Crippen molar-refractivity contribution in [3.8, 4) is 5.75 Å². The van der Waals surface area contributed by atoms with Crippen molar-refractivity contribution in [2.75, 3.05) is 18.6 Å². The Bertz CT molecular complexity index is 768. The number of rotatable bonds is 5. The van der Waals surface area contributed by atoms with Crippen LogP contribution in [0, 0.1) is 0 Å². The summed E-state index contributed by atoms with van der Waals surface area (Å²) in [6.45, 7) is 0.248. The molecule has 2 aromatic rings. The number of sulfone groups is 1. The largest absolute Gasteiger partial charge is 0.507 e. The van der Waals surface area contributed by atoms with Gasteiger partial charge in [0.05, 0.1) is 11.3 Å². The number of carbonyl (C=O) groups is 1. The van der Waals surface area contributed by atoms with Gasteiger partial charge in [-0.25, -0.2) is 8.42 Å². The number of hydrogen-bond acceptors (Lipinski definition) is 4. The molecule has 1 amide bonds. The summed E-state index contributed by atoms with van der Waals surface area (Å²) < 4.78 is 22.0. The Balaban J connectivity index is 2.07. The Morgan fingerprint density at radius 2 is 1.81 bits per heavy atom. The van der Waals surface area contributed by atoms with E-state index in [4.69, 9.17) is 0 Å². The van der Waals surface area contributed by atoms with Crippen molar-refractivity contribution >= 4 is 26.5 Å². The van der Waals surface area contributed by atoms with Gasteiger partial charge >= 0.3 is 0 Å². The summed E-state index contributed by atoms with van der Waals surface area (Å²) in [7, 11) is -3.02. The van der Waals surface area contributed by atoms with Crippen molar-refractivity contribution in [2.45, 2.75) is 6.42 Å². The van der Waals surface area contributed by atoms with Crippen molar-refractivity contribution in [2.24, 2.45) is 0 Å². The minimum atomic E-state index is -3.02. The molecule has 0 aromatic heterocycles. The zero-order valence-electron chi connectivity index (χ0n) is 11.7. The van der Waals surface area contributed by atoms with E-state index in [-0.39, 0.29) is 23.6 Å². The molecule has 0 atom stereocenters. The molecule has 0 aliphatic heterocycles. The first-order valence-corrected chi connectivity index (χ1v) is 8.60. The molecule has 5 nitrogen and oxygen atoms in total. The molecule has 0 unspecified atom stereocenters. The molecule has 0 fully saturated rings.